The summed E-state index contributed by atoms with van der Waals surface area (Å²) in [6.45, 7) is 7.52. The summed E-state index contributed by atoms with van der Waals surface area (Å²) < 4.78 is 13.8. The summed E-state index contributed by atoms with van der Waals surface area (Å²) in [5.74, 6) is 0.316. The number of rotatable bonds is 15. The molecule has 40 heavy (non-hydrogen) atoms. The molecule has 1 heterocycles. The van der Waals surface area contributed by atoms with E-state index in [0.29, 0.717) is 18.8 Å². The molecule has 0 amide bonds. The van der Waals surface area contributed by atoms with Crippen molar-refractivity contribution in [2.24, 2.45) is 0 Å². The minimum absolute atomic E-state index is 0.327. The van der Waals surface area contributed by atoms with Gasteiger partial charge in [0, 0.05) is 24.4 Å². The topological polar surface area (TPSA) is 40.5 Å². The molecule has 3 aromatic carbocycles. The average Bonchev–Trinajstić information content (AvgIpc) is 3.34. The van der Waals surface area contributed by atoms with Gasteiger partial charge in [-0.15, -0.1) is 0 Å². The lowest BCUT2D eigenvalue weighted by molar-refractivity contribution is -0.151. The zero-order valence-corrected chi connectivity index (χ0v) is 24.3. The van der Waals surface area contributed by atoms with E-state index in [-0.39, 0.29) is 5.97 Å². The van der Waals surface area contributed by atoms with Crippen molar-refractivity contribution in [1.82, 2.24) is 4.57 Å². The van der Waals surface area contributed by atoms with Gasteiger partial charge in [-0.3, -0.25) is 0 Å². The third-order valence-corrected chi connectivity index (χ3v) is 7.38. The van der Waals surface area contributed by atoms with Gasteiger partial charge >= 0.3 is 5.97 Å². The van der Waals surface area contributed by atoms with Crippen molar-refractivity contribution in [3.8, 4) is 17.0 Å². The Morgan fingerprint density at radius 2 is 1.43 bits per heavy atom. The zero-order valence-electron chi connectivity index (χ0n) is 24.3. The van der Waals surface area contributed by atoms with Crippen molar-refractivity contribution in [3.05, 3.63) is 113 Å². The molecule has 210 valence electrons. The number of hydrogen-bond acceptors (Lipinski definition) is 3. The minimum Gasteiger partial charge on any atom is -0.478 e. The number of benzene rings is 3. The van der Waals surface area contributed by atoms with E-state index in [1.165, 1.54) is 48.2 Å². The van der Waals surface area contributed by atoms with Crippen LogP contribution in [0.25, 0.3) is 11.3 Å². The highest BCUT2D eigenvalue weighted by atomic mass is 16.6. The fourth-order valence-electron chi connectivity index (χ4n) is 5.12. The molecule has 1 aromatic heterocycles. The average molecular weight is 538 g/mol. The number of carbonyl (C=O) groups excluding carboxylic acids is 1. The number of hydrogen-bond donors (Lipinski definition) is 0. The Morgan fingerprint density at radius 3 is 2.08 bits per heavy atom. The first-order valence-corrected chi connectivity index (χ1v) is 14.8. The molecule has 4 heteroatoms. The largest absolute Gasteiger partial charge is 0.478 e. The van der Waals surface area contributed by atoms with Crippen LogP contribution in [0.5, 0.6) is 5.75 Å². The number of nitrogens with zero attached hydrogens (tertiary/aromatic N) is 1. The molecule has 0 spiro atoms. The molecular weight excluding hydrogens is 494 g/mol. The highest BCUT2D eigenvalue weighted by Gasteiger charge is 2.22. The normalized spacial score (nSPS) is 11.8. The van der Waals surface area contributed by atoms with E-state index in [1.807, 2.05) is 49.4 Å². The lowest BCUT2D eigenvalue weighted by atomic mass is 10.0. The van der Waals surface area contributed by atoms with Crippen molar-refractivity contribution in [2.45, 2.75) is 78.4 Å². The van der Waals surface area contributed by atoms with Gasteiger partial charge in [0.1, 0.15) is 5.75 Å². The standard InChI is InChI=1S/C36H43NO3/c1-4-6-8-12-29-17-19-30(20-18-29)15-11-26-37-28(3)16-25-34(37)32-21-23-33(24-22-32)40-35(36(38)39-5-2)27-31-13-9-7-10-14-31/h7,9-10,13-14,16-25,35H,4-6,8,11-12,15,26-27H2,1-3H3/t35-/m1/s1. The summed E-state index contributed by atoms with van der Waals surface area (Å²) in [7, 11) is 0. The van der Waals surface area contributed by atoms with Gasteiger partial charge in [0.2, 0.25) is 0 Å². The molecule has 0 aliphatic heterocycles. The molecule has 4 aromatic rings. The van der Waals surface area contributed by atoms with E-state index >= 15 is 0 Å². The van der Waals surface area contributed by atoms with Gasteiger partial charge in [-0.2, -0.15) is 0 Å². The van der Waals surface area contributed by atoms with E-state index in [4.69, 9.17) is 9.47 Å². The first kappa shape index (κ1) is 29.2. The van der Waals surface area contributed by atoms with E-state index in [0.717, 1.165) is 30.5 Å². The van der Waals surface area contributed by atoms with Crippen LogP contribution in [-0.2, 0) is 35.3 Å². The maximum atomic E-state index is 12.6. The Morgan fingerprint density at radius 1 is 0.750 bits per heavy atom. The number of ether oxygens (including phenoxy) is 2. The van der Waals surface area contributed by atoms with Crippen molar-refractivity contribution in [1.29, 1.82) is 0 Å². The fraction of sp³-hybridized carbons (Fsp3) is 0.361. The first-order valence-electron chi connectivity index (χ1n) is 14.8. The predicted octanol–water partition coefficient (Wildman–Crippen LogP) is 8.38. The molecule has 0 radical (unpaired) electrons. The smallest absolute Gasteiger partial charge is 0.347 e. The van der Waals surface area contributed by atoms with Gasteiger partial charge in [0.15, 0.2) is 6.10 Å². The van der Waals surface area contributed by atoms with E-state index in [1.54, 1.807) is 0 Å². The minimum atomic E-state index is -0.690. The molecule has 0 saturated carbocycles. The summed E-state index contributed by atoms with van der Waals surface area (Å²) in [5.41, 5.74) is 7.47. The molecule has 0 aliphatic rings. The Kier molecular flexibility index (Phi) is 11.0. The molecule has 0 fully saturated rings. The molecule has 0 N–H and O–H groups in total. The molecule has 1 atom stereocenters. The summed E-state index contributed by atoms with van der Waals surface area (Å²) in [6.07, 6.45) is 6.95. The van der Waals surface area contributed by atoms with Crippen LogP contribution < -0.4 is 4.74 Å². The van der Waals surface area contributed by atoms with Crippen LogP contribution in [0.2, 0.25) is 0 Å². The number of esters is 1. The third kappa shape index (κ3) is 8.35. The van der Waals surface area contributed by atoms with Crippen LogP contribution in [0.15, 0.2) is 91.0 Å². The molecular formula is C36H43NO3. The third-order valence-electron chi connectivity index (χ3n) is 7.38. The van der Waals surface area contributed by atoms with E-state index < -0.39 is 6.10 Å². The molecule has 4 rings (SSSR count). The summed E-state index contributed by atoms with van der Waals surface area (Å²) >= 11 is 0. The van der Waals surface area contributed by atoms with Crippen LogP contribution in [-0.4, -0.2) is 23.2 Å². The van der Waals surface area contributed by atoms with Crippen LogP contribution in [0.3, 0.4) is 0 Å². The Balaban J connectivity index is 1.37. The second-order valence-electron chi connectivity index (χ2n) is 10.5. The van der Waals surface area contributed by atoms with Gasteiger partial charge in [-0.05, 0) is 98.2 Å². The van der Waals surface area contributed by atoms with E-state index in [9.17, 15) is 4.79 Å². The summed E-state index contributed by atoms with van der Waals surface area (Å²) in [4.78, 5) is 12.6. The van der Waals surface area contributed by atoms with Gasteiger partial charge < -0.3 is 14.0 Å². The first-order chi connectivity index (χ1) is 19.6. The molecule has 0 bridgehead atoms. The lowest BCUT2D eigenvalue weighted by Crippen LogP contribution is -2.31. The van der Waals surface area contributed by atoms with E-state index in [2.05, 4.69) is 66.9 Å². The van der Waals surface area contributed by atoms with Crippen LogP contribution in [0.4, 0.5) is 0 Å². The Labute approximate surface area is 240 Å². The second kappa shape index (κ2) is 15.1. The van der Waals surface area contributed by atoms with Gasteiger partial charge in [-0.25, -0.2) is 4.79 Å². The number of aryl methyl sites for hydroxylation is 3. The SMILES string of the molecule is CCCCCc1ccc(CCCn2c(C)ccc2-c2ccc(O[C@H](Cc3ccccc3)C(=O)OCC)cc2)cc1. The maximum absolute atomic E-state index is 12.6. The van der Waals surface area contributed by atoms with Crippen molar-refractivity contribution in [3.63, 3.8) is 0 Å². The highest BCUT2D eigenvalue weighted by molar-refractivity contribution is 5.75. The highest BCUT2D eigenvalue weighted by Crippen LogP contribution is 2.26. The van der Waals surface area contributed by atoms with Gasteiger partial charge in [0.25, 0.3) is 0 Å². The molecule has 0 aliphatic carbocycles. The number of aromatic nitrogens is 1. The molecule has 4 nitrogen and oxygen atoms in total. The van der Waals surface area contributed by atoms with Crippen molar-refractivity contribution < 1.29 is 14.3 Å². The van der Waals surface area contributed by atoms with Gasteiger partial charge in [0.05, 0.1) is 6.61 Å². The summed E-state index contributed by atoms with van der Waals surface area (Å²) in [5, 5.41) is 0. The van der Waals surface area contributed by atoms with Crippen molar-refractivity contribution >= 4 is 5.97 Å². The van der Waals surface area contributed by atoms with Crippen LogP contribution >= 0.6 is 0 Å². The predicted molar refractivity (Wildman–Crippen MR) is 164 cm³/mol. The monoisotopic (exact) mass is 537 g/mol. The maximum Gasteiger partial charge on any atom is 0.347 e. The van der Waals surface area contributed by atoms with Crippen molar-refractivity contribution in [2.75, 3.05) is 6.61 Å². The molecule has 0 unspecified atom stereocenters. The van der Waals surface area contributed by atoms with Crippen LogP contribution in [0.1, 0.15) is 61.9 Å². The van der Waals surface area contributed by atoms with Gasteiger partial charge in [-0.1, -0.05) is 74.4 Å². The zero-order chi connectivity index (χ0) is 28.2. The number of unbranched alkanes of at least 4 members (excludes halogenated alkanes) is 2. The summed E-state index contributed by atoms with van der Waals surface area (Å²) in [6, 6.07) is 31.5. The molecule has 0 saturated heterocycles. The lowest BCUT2D eigenvalue weighted by Gasteiger charge is -2.18. The quantitative estimate of drug-likeness (QED) is 0.113. The van der Waals surface area contributed by atoms with Crippen LogP contribution in [0, 0.1) is 6.92 Å². The fourth-order valence-corrected chi connectivity index (χ4v) is 5.12. The Bertz CT molecular complexity index is 1310. The Hall–Kier alpha value is -3.79. The number of carbonyl (C=O) groups is 1. The second-order valence-corrected chi connectivity index (χ2v) is 10.5.